The molecule has 0 bridgehead atoms. The molecule has 1 saturated carbocycles. The Morgan fingerprint density at radius 2 is 2.47 bits per heavy atom. The molecule has 0 radical (unpaired) electrons. The Morgan fingerprint density at radius 3 is 3.07 bits per heavy atom. The molecule has 2 atom stereocenters. The normalized spacial score (nSPS) is 25.4. The smallest absolute Gasteiger partial charge is 0.293 e. The lowest BCUT2D eigenvalue weighted by Crippen LogP contribution is -2.33. The van der Waals surface area contributed by atoms with Crippen LogP contribution >= 0.6 is 11.8 Å². The van der Waals surface area contributed by atoms with Crippen LogP contribution in [0.2, 0.25) is 0 Å². The quantitative estimate of drug-likeness (QED) is 0.771. The minimum atomic E-state index is -0.240. The molecule has 2 rings (SSSR count). The van der Waals surface area contributed by atoms with Gasteiger partial charge in [-0.15, -0.1) is 10.2 Å². The van der Waals surface area contributed by atoms with Gasteiger partial charge in [0.05, 0.1) is 0 Å². The third-order valence-electron chi connectivity index (χ3n) is 2.60. The van der Waals surface area contributed by atoms with Crippen molar-refractivity contribution in [2.75, 3.05) is 6.26 Å². The van der Waals surface area contributed by atoms with Gasteiger partial charge in [0.2, 0.25) is 0 Å². The first-order valence-electron chi connectivity index (χ1n) is 4.86. The van der Waals surface area contributed by atoms with Crippen molar-refractivity contribution in [3.8, 4) is 0 Å². The molecule has 1 fully saturated rings. The molecule has 1 aromatic rings. The fourth-order valence-electron chi connectivity index (χ4n) is 1.79. The highest BCUT2D eigenvalue weighted by atomic mass is 32.2. The average molecular weight is 227 g/mol. The number of carbonyl (C=O) groups is 1. The summed E-state index contributed by atoms with van der Waals surface area (Å²) in [6, 6.07) is 0.258. The zero-order valence-corrected chi connectivity index (χ0v) is 9.25. The molecular weight excluding hydrogens is 214 g/mol. The van der Waals surface area contributed by atoms with E-state index in [4.69, 9.17) is 0 Å². The van der Waals surface area contributed by atoms with Crippen molar-refractivity contribution in [2.24, 2.45) is 0 Å². The Labute approximate surface area is 91.6 Å². The Hall–Kier alpha value is -1.11. The molecule has 6 nitrogen and oxygen atoms in total. The maximum atomic E-state index is 11.6. The number of carbonyl (C=O) groups excluding carboxylic acids is 1. The fourth-order valence-corrected chi connectivity index (χ4v) is 2.59. The van der Waals surface area contributed by atoms with Crippen LogP contribution in [0.4, 0.5) is 0 Å². The van der Waals surface area contributed by atoms with Gasteiger partial charge in [0, 0.05) is 11.3 Å². The standard InChI is InChI=1S/C8H13N5OS/c1-15-6-3-2-5(4-6)9-8(14)7-10-12-13-11-7/h5-6H,2-4H2,1H3,(H,9,14)(H,10,11,12,13). The average Bonchev–Trinajstić information content (AvgIpc) is 2.87. The third-order valence-corrected chi connectivity index (χ3v) is 3.70. The number of nitrogens with one attached hydrogen (secondary N) is 2. The summed E-state index contributed by atoms with van der Waals surface area (Å²) in [6.07, 6.45) is 5.34. The Bertz CT molecular complexity index is 328. The Balaban J connectivity index is 1.86. The van der Waals surface area contributed by atoms with Crippen molar-refractivity contribution in [1.29, 1.82) is 0 Å². The number of aromatic amines is 1. The number of thioether (sulfide) groups is 1. The Morgan fingerprint density at radius 1 is 1.60 bits per heavy atom. The zero-order chi connectivity index (χ0) is 10.7. The number of nitrogens with zero attached hydrogens (tertiary/aromatic N) is 3. The van der Waals surface area contributed by atoms with Crippen LogP contribution in [-0.2, 0) is 0 Å². The molecule has 0 aliphatic heterocycles. The van der Waals surface area contributed by atoms with Crippen LogP contribution in [0, 0.1) is 0 Å². The van der Waals surface area contributed by atoms with Crippen LogP contribution in [0.15, 0.2) is 0 Å². The molecule has 1 aromatic heterocycles. The highest BCUT2D eigenvalue weighted by Gasteiger charge is 2.26. The van der Waals surface area contributed by atoms with Gasteiger partial charge < -0.3 is 5.32 Å². The van der Waals surface area contributed by atoms with Gasteiger partial charge in [-0.2, -0.15) is 17.0 Å². The molecule has 82 valence electrons. The summed E-state index contributed by atoms with van der Waals surface area (Å²) in [5.74, 6) is -0.127. The van der Waals surface area contributed by atoms with Crippen LogP contribution in [0.1, 0.15) is 29.9 Å². The van der Waals surface area contributed by atoms with E-state index in [1.165, 1.54) is 6.42 Å². The summed E-state index contributed by atoms with van der Waals surface area (Å²) in [5, 5.41) is 16.4. The molecule has 0 saturated heterocycles. The van der Waals surface area contributed by atoms with Gasteiger partial charge >= 0.3 is 0 Å². The number of H-pyrrole nitrogens is 1. The topological polar surface area (TPSA) is 83.6 Å². The summed E-state index contributed by atoms with van der Waals surface area (Å²) in [6.45, 7) is 0. The van der Waals surface area contributed by atoms with Gasteiger partial charge in [-0.05, 0) is 30.7 Å². The van der Waals surface area contributed by atoms with Crippen molar-refractivity contribution in [2.45, 2.75) is 30.6 Å². The van der Waals surface area contributed by atoms with E-state index in [0.29, 0.717) is 5.25 Å². The SMILES string of the molecule is CSC1CCC(NC(=O)c2nn[nH]n2)C1. The van der Waals surface area contributed by atoms with Crippen LogP contribution in [-0.4, -0.2) is 44.1 Å². The number of hydrogen-bond acceptors (Lipinski definition) is 5. The van der Waals surface area contributed by atoms with Gasteiger partial charge in [0.25, 0.3) is 11.7 Å². The fraction of sp³-hybridized carbons (Fsp3) is 0.750. The molecule has 7 heteroatoms. The molecule has 1 aliphatic rings. The largest absolute Gasteiger partial charge is 0.346 e. The number of hydrogen-bond donors (Lipinski definition) is 2. The number of amides is 1. The number of tetrazole rings is 1. The van der Waals surface area contributed by atoms with Gasteiger partial charge in [-0.1, -0.05) is 0 Å². The van der Waals surface area contributed by atoms with Crippen LogP contribution in [0.3, 0.4) is 0 Å². The predicted molar refractivity (Wildman–Crippen MR) is 56.6 cm³/mol. The second-order valence-electron chi connectivity index (χ2n) is 3.58. The monoisotopic (exact) mass is 227 g/mol. The molecule has 1 aliphatic carbocycles. The van der Waals surface area contributed by atoms with E-state index in [1.807, 2.05) is 11.8 Å². The lowest BCUT2D eigenvalue weighted by atomic mass is 10.2. The summed E-state index contributed by atoms with van der Waals surface area (Å²) >= 11 is 1.86. The minimum absolute atomic E-state index is 0.114. The van der Waals surface area contributed by atoms with Gasteiger partial charge in [0.15, 0.2) is 0 Å². The van der Waals surface area contributed by atoms with Gasteiger partial charge in [0.1, 0.15) is 0 Å². The summed E-state index contributed by atoms with van der Waals surface area (Å²) < 4.78 is 0. The molecule has 1 amide bonds. The van der Waals surface area contributed by atoms with Crippen molar-refractivity contribution < 1.29 is 4.79 Å². The molecule has 0 spiro atoms. The van der Waals surface area contributed by atoms with Crippen molar-refractivity contribution in [3.05, 3.63) is 5.82 Å². The van der Waals surface area contributed by atoms with E-state index in [-0.39, 0.29) is 17.8 Å². The second kappa shape index (κ2) is 4.61. The summed E-state index contributed by atoms with van der Waals surface area (Å²) in [7, 11) is 0. The van der Waals surface area contributed by atoms with Gasteiger partial charge in [-0.3, -0.25) is 4.79 Å². The van der Waals surface area contributed by atoms with Crippen molar-refractivity contribution >= 4 is 17.7 Å². The van der Waals surface area contributed by atoms with E-state index in [1.54, 1.807) is 0 Å². The predicted octanol–water partition coefficient (Wildman–Crippen LogP) is 0.214. The van der Waals surface area contributed by atoms with E-state index in [2.05, 4.69) is 32.2 Å². The molecule has 1 heterocycles. The van der Waals surface area contributed by atoms with E-state index in [0.717, 1.165) is 12.8 Å². The third kappa shape index (κ3) is 2.47. The van der Waals surface area contributed by atoms with Crippen LogP contribution < -0.4 is 5.32 Å². The molecule has 2 unspecified atom stereocenters. The molecular formula is C8H13N5OS. The highest BCUT2D eigenvalue weighted by molar-refractivity contribution is 7.99. The number of rotatable bonds is 3. The first-order valence-corrected chi connectivity index (χ1v) is 6.15. The maximum absolute atomic E-state index is 11.6. The first kappa shape index (κ1) is 10.4. The highest BCUT2D eigenvalue weighted by Crippen LogP contribution is 2.28. The van der Waals surface area contributed by atoms with E-state index < -0.39 is 0 Å². The molecule has 2 N–H and O–H groups in total. The summed E-state index contributed by atoms with van der Waals surface area (Å²) in [4.78, 5) is 11.6. The van der Waals surface area contributed by atoms with E-state index >= 15 is 0 Å². The lowest BCUT2D eigenvalue weighted by molar-refractivity contribution is 0.0927. The summed E-state index contributed by atoms with van der Waals surface area (Å²) in [5.41, 5.74) is 0. The number of aromatic nitrogens is 4. The van der Waals surface area contributed by atoms with Crippen molar-refractivity contribution in [1.82, 2.24) is 25.9 Å². The molecule has 0 aromatic carbocycles. The first-order chi connectivity index (χ1) is 7.29. The second-order valence-corrected chi connectivity index (χ2v) is 4.71. The zero-order valence-electron chi connectivity index (χ0n) is 8.43. The van der Waals surface area contributed by atoms with Gasteiger partial charge in [-0.25, -0.2) is 0 Å². The maximum Gasteiger partial charge on any atom is 0.293 e. The van der Waals surface area contributed by atoms with Crippen LogP contribution in [0.25, 0.3) is 0 Å². The lowest BCUT2D eigenvalue weighted by Gasteiger charge is -2.10. The Kier molecular flexibility index (Phi) is 3.20. The minimum Gasteiger partial charge on any atom is -0.346 e. The van der Waals surface area contributed by atoms with E-state index in [9.17, 15) is 4.79 Å². The van der Waals surface area contributed by atoms with Crippen molar-refractivity contribution in [3.63, 3.8) is 0 Å². The molecule has 15 heavy (non-hydrogen) atoms. The van der Waals surface area contributed by atoms with Crippen LogP contribution in [0.5, 0.6) is 0 Å².